The van der Waals surface area contributed by atoms with Crippen LogP contribution in [0.2, 0.25) is 0 Å². The van der Waals surface area contributed by atoms with Crippen LogP contribution in [0.15, 0.2) is 54.6 Å². The summed E-state index contributed by atoms with van der Waals surface area (Å²) in [6.07, 6.45) is -0.0898. The molecule has 150 valence electrons. The molecule has 1 aliphatic rings. The third-order valence-corrected chi connectivity index (χ3v) is 4.41. The molecule has 3 rings (SSSR count). The average molecular weight is 395 g/mol. The van der Waals surface area contributed by atoms with Gasteiger partial charge in [0.1, 0.15) is 0 Å². The average Bonchev–Trinajstić information content (AvgIpc) is 3.09. The highest BCUT2D eigenvalue weighted by molar-refractivity contribution is 5.97. The van der Waals surface area contributed by atoms with Gasteiger partial charge in [-0.1, -0.05) is 35.9 Å². The Morgan fingerprint density at radius 2 is 1.76 bits per heavy atom. The van der Waals surface area contributed by atoms with Crippen LogP contribution in [0.25, 0.3) is 0 Å². The van der Waals surface area contributed by atoms with Crippen molar-refractivity contribution in [3.8, 4) is 0 Å². The summed E-state index contributed by atoms with van der Waals surface area (Å²) in [5, 5.41) is 3.73. The fraction of sp³-hybridized carbons (Fsp3) is 0.238. The summed E-state index contributed by atoms with van der Waals surface area (Å²) in [5.41, 5.74) is 4.55. The van der Waals surface area contributed by atoms with Gasteiger partial charge in [0.25, 0.3) is 11.8 Å². The third kappa shape index (κ3) is 5.41. The number of carbonyl (C=O) groups excluding carboxylic acids is 4. The van der Waals surface area contributed by atoms with E-state index in [-0.39, 0.29) is 18.9 Å². The van der Waals surface area contributed by atoms with Gasteiger partial charge in [-0.3, -0.25) is 29.6 Å². The quantitative estimate of drug-likeness (QED) is 0.724. The molecule has 1 atom stereocenters. The largest absolute Gasteiger partial charge is 0.455 e. The smallest absolute Gasteiger partial charge is 0.311 e. The molecule has 0 bridgehead atoms. The minimum atomic E-state index is -0.745. The maximum atomic E-state index is 12.2. The highest BCUT2D eigenvalue weighted by Crippen LogP contribution is 2.18. The number of ether oxygens (including phenoxy) is 1. The number of hydrazine groups is 1. The van der Waals surface area contributed by atoms with Crippen LogP contribution >= 0.6 is 0 Å². The molecule has 0 unspecified atom stereocenters. The second-order valence-corrected chi connectivity index (χ2v) is 6.73. The first-order valence-electron chi connectivity index (χ1n) is 9.12. The maximum absolute atomic E-state index is 12.2. The van der Waals surface area contributed by atoms with Crippen molar-refractivity contribution >= 4 is 29.4 Å². The van der Waals surface area contributed by atoms with Crippen LogP contribution in [-0.2, 0) is 19.1 Å². The third-order valence-electron chi connectivity index (χ3n) is 4.41. The Morgan fingerprint density at radius 3 is 2.45 bits per heavy atom. The molecule has 1 heterocycles. The van der Waals surface area contributed by atoms with Crippen molar-refractivity contribution in [1.29, 1.82) is 0 Å². The Hall–Kier alpha value is -3.68. The predicted molar refractivity (Wildman–Crippen MR) is 104 cm³/mol. The van der Waals surface area contributed by atoms with Crippen molar-refractivity contribution in [3.05, 3.63) is 65.7 Å². The molecule has 29 heavy (non-hydrogen) atoms. The Balaban J connectivity index is 1.46. The van der Waals surface area contributed by atoms with Crippen molar-refractivity contribution < 1.29 is 23.9 Å². The first-order chi connectivity index (χ1) is 13.9. The van der Waals surface area contributed by atoms with E-state index in [9.17, 15) is 19.2 Å². The molecule has 2 aromatic rings. The van der Waals surface area contributed by atoms with Gasteiger partial charge in [0, 0.05) is 17.7 Å². The van der Waals surface area contributed by atoms with E-state index in [1.165, 1.54) is 0 Å². The Labute approximate surface area is 167 Å². The van der Waals surface area contributed by atoms with E-state index >= 15 is 0 Å². The monoisotopic (exact) mass is 395 g/mol. The first-order valence-corrected chi connectivity index (χ1v) is 9.12. The molecule has 1 saturated heterocycles. The highest BCUT2D eigenvalue weighted by Gasteiger charge is 2.36. The van der Waals surface area contributed by atoms with Crippen LogP contribution in [0.1, 0.15) is 22.3 Å². The zero-order valence-electron chi connectivity index (χ0n) is 15.9. The normalized spacial score (nSPS) is 15.7. The lowest BCUT2D eigenvalue weighted by Gasteiger charge is -2.17. The Kier molecular flexibility index (Phi) is 6.23. The number of benzene rings is 2. The fourth-order valence-electron chi connectivity index (χ4n) is 2.84. The van der Waals surface area contributed by atoms with Gasteiger partial charge < -0.3 is 10.1 Å². The van der Waals surface area contributed by atoms with E-state index in [4.69, 9.17) is 4.74 Å². The number of hydrogen-bond donors (Lipinski definition) is 2. The zero-order valence-corrected chi connectivity index (χ0v) is 15.9. The van der Waals surface area contributed by atoms with E-state index in [0.29, 0.717) is 11.3 Å². The standard InChI is InChI=1S/C21H21N3O5/c1-14-7-9-17(10-8-14)22-18(25)13-29-21(28)16-11-19(26)24(12-16)23-20(27)15-5-3-2-4-6-15/h2-10,16H,11-13H2,1H3,(H,22,25)(H,23,27)/t16-/m0/s1. The number of anilines is 1. The summed E-state index contributed by atoms with van der Waals surface area (Å²) >= 11 is 0. The lowest BCUT2D eigenvalue weighted by molar-refractivity contribution is -0.151. The van der Waals surface area contributed by atoms with Crippen molar-refractivity contribution in [1.82, 2.24) is 10.4 Å². The van der Waals surface area contributed by atoms with Gasteiger partial charge in [-0.25, -0.2) is 0 Å². The van der Waals surface area contributed by atoms with Gasteiger partial charge in [-0.2, -0.15) is 0 Å². The molecule has 2 N–H and O–H groups in total. The number of rotatable bonds is 6. The maximum Gasteiger partial charge on any atom is 0.311 e. The zero-order chi connectivity index (χ0) is 20.8. The van der Waals surface area contributed by atoms with Crippen LogP contribution in [0.5, 0.6) is 0 Å². The predicted octanol–water partition coefficient (Wildman–Crippen LogP) is 1.67. The molecule has 0 aromatic heterocycles. The summed E-state index contributed by atoms with van der Waals surface area (Å²) in [6.45, 7) is 1.48. The Bertz CT molecular complexity index is 912. The number of aryl methyl sites for hydroxylation is 1. The van der Waals surface area contributed by atoms with E-state index in [1.807, 2.05) is 19.1 Å². The molecule has 8 heteroatoms. The topological polar surface area (TPSA) is 105 Å². The molecule has 2 aromatic carbocycles. The lowest BCUT2D eigenvalue weighted by Crippen LogP contribution is -2.43. The number of nitrogens with one attached hydrogen (secondary N) is 2. The number of carbonyl (C=O) groups is 4. The van der Waals surface area contributed by atoms with Gasteiger partial charge in [0.05, 0.1) is 12.5 Å². The summed E-state index contributed by atoms with van der Waals surface area (Å²) in [4.78, 5) is 48.4. The molecule has 0 saturated carbocycles. The summed E-state index contributed by atoms with van der Waals surface area (Å²) in [5.74, 6) is -2.70. The number of hydrogen-bond acceptors (Lipinski definition) is 5. The number of esters is 1. The van der Waals surface area contributed by atoms with Gasteiger partial charge in [0.15, 0.2) is 6.61 Å². The molecule has 0 radical (unpaired) electrons. The molecule has 0 spiro atoms. The lowest BCUT2D eigenvalue weighted by atomic mass is 10.1. The minimum absolute atomic E-state index is 0.00415. The van der Waals surface area contributed by atoms with Crippen molar-refractivity contribution in [2.45, 2.75) is 13.3 Å². The van der Waals surface area contributed by atoms with Gasteiger partial charge in [-0.05, 0) is 31.2 Å². The van der Waals surface area contributed by atoms with Crippen LogP contribution in [-0.4, -0.2) is 41.9 Å². The van der Waals surface area contributed by atoms with Gasteiger partial charge >= 0.3 is 5.97 Å². The van der Waals surface area contributed by atoms with Crippen LogP contribution in [0.3, 0.4) is 0 Å². The second kappa shape index (κ2) is 9.01. The molecule has 1 fully saturated rings. The molecular weight excluding hydrogens is 374 g/mol. The van der Waals surface area contributed by atoms with Crippen molar-refractivity contribution in [3.63, 3.8) is 0 Å². The van der Waals surface area contributed by atoms with Gasteiger partial charge in [0.2, 0.25) is 5.91 Å². The highest BCUT2D eigenvalue weighted by atomic mass is 16.5. The van der Waals surface area contributed by atoms with Crippen LogP contribution < -0.4 is 10.7 Å². The van der Waals surface area contributed by atoms with E-state index < -0.39 is 30.3 Å². The van der Waals surface area contributed by atoms with E-state index in [0.717, 1.165) is 10.6 Å². The summed E-state index contributed by atoms with van der Waals surface area (Å²) < 4.78 is 5.03. The first kappa shape index (κ1) is 20.1. The molecule has 3 amide bonds. The molecule has 0 aliphatic carbocycles. The van der Waals surface area contributed by atoms with Crippen LogP contribution in [0, 0.1) is 12.8 Å². The molecule has 8 nitrogen and oxygen atoms in total. The second-order valence-electron chi connectivity index (χ2n) is 6.73. The van der Waals surface area contributed by atoms with Crippen molar-refractivity contribution in [2.75, 3.05) is 18.5 Å². The van der Waals surface area contributed by atoms with E-state index in [1.54, 1.807) is 42.5 Å². The molecular formula is C21H21N3O5. The number of nitrogens with zero attached hydrogens (tertiary/aromatic N) is 1. The fourth-order valence-corrected chi connectivity index (χ4v) is 2.84. The number of amides is 3. The SMILES string of the molecule is Cc1ccc(NC(=O)COC(=O)[C@H]2CC(=O)N(NC(=O)c3ccccc3)C2)cc1. The van der Waals surface area contributed by atoms with Crippen molar-refractivity contribution in [2.24, 2.45) is 5.92 Å². The minimum Gasteiger partial charge on any atom is -0.455 e. The van der Waals surface area contributed by atoms with E-state index in [2.05, 4.69) is 10.7 Å². The Morgan fingerprint density at radius 1 is 1.07 bits per heavy atom. The van der Waals surface area contributed by atoms with Gasteiger partial charge in [-0.15, -0.1) is 0 Å². The summed E-state index contributed by atoms with van der Waals surface area (Å²) in [6, 6.07) is 15.6. The molecule has 1 aliphatic heterocycles. The van der Waals surface area contributed by atoms with Crippen LogP contribution in [0.4, 0.5) is 5.69 Å². The summed E-state index contributed by atoms with van der Waals surface area (Å²) in [7, 11) is 0.